The van der Waals surface area contributed by atoms with Gasteiger partial charge in [-0.15, -0.1) is 0 Å². The predicted molar refractivity (Wildman–Crippen MR) is 68.1 cm³/mol. The molecular formula is C14H18O6. The van der Waals surface area contributed by atoms with Gasteiger partial charge < -0.3 is 14.9 Å². The Labute approximate surface area is 116 Å². The Hall–Kier alpha value is -1.53. The summed E-state index contributed by atoms with van der Waals surface area (Å²) in [4.78, 5) is 35.7. The molecule has 2 aliphatic rings. The first kappa shape index (κ1) is 14.9. The summed E-state index contributed by atoms with van der Waals surface area (Å²) in [5.41, 5.74) is -4.96. The number of rotatable bonds is 2. The Morgan fingerprint density at radius 3 is 2.20 bits per heavy atom. The second-order valence-electron chi connectivity index (χ2n) is 5.81. The molecule has 3 unspecified atom stereocenters. The van der Waals surface area contributed by atoms with Gasteiger partial charge in [0.25, 0.3) is 0 Å². The predicted octanol–water partition coefficient (Wildman–Crippen LogP) is 0.618. The van der Waals surface area contributed by atoms with Gasteiger partial charge in [0.2, 0.25) is 0 Å². The van der Waals surface area contributed by atoms with Gasteiger partial charge in [0.15, 0.2) is 28.4 Å². The molecule has 0 saturated carbocycles. The van der Waals surface area contributed by atoms with Crippen molar-refractivity contribution in [1.82, 2.24) is 0 Å². The van der Waals surface area contributed by atoms with E-state index in [1.807, 2.05) is 0 Å². The molecule has 0 aromatic carbocycles. The van der Waals surface area contributed by atoms with E-state index in [2.05, 4.69) is 0 Å². The molecule has 20 heavy (non-hydrogen) atoms. The number of hydrogen-bond acceptors (Lipinski definition) is 5. The average molecular weight is 282 g/mol. The zero-order valence-corrected chi connectivity index (χ0v) is 11.9. The maximum Gasteiger partial charge on any atom is 0.335 e. The van der Waals surface area contributed by atoms with Gasteiger partial charge in [-0.3, -0.25) is 9.59 Å². The summed E-state index contributed by atoms with van der Waals surface area (Å²) < 4.78 is 5.53. The highest BCUT2D eigenvalue weighted by molar-refractivity contribution is 6.14. The van der Waals surface area contributed by atoms with E-state index in [9.17, 15) is 24.6 Å². The van der Waals surface area contributed by atoms with Crippen LogP contribution in [0, 0.1) is 0 Å². The van der Waals surface area contributed by atoms with Crippen LogP contribution >= 0.6 is 0 Å². The van der Waals surface area contributed by atoms with Crippen molar-refractivity contribution in [2.24, 2.45) is 0 Å². The van der Waals surface area contributed by atoms with Gasteiger partial charge >= 0.3 is 5.97 Å². The van der Waals surface area contributed by atoms with Crippen molar-refractivity contribution in [2.45, 2.75) is 57.3 Å². The Morgan fingerprint density at radius 1 is 1.25 bits per heavy atom. The van der Waals surface area contributed by atoms with Crippen LogP contribution in [-0.2, 0) is 19.1 Å². The largest absolute Gasteiger partial charge is 0.479 e. The van der Waals surface area contributed by atoms with Crippen molar-refractivity contribution in [3.8, 4) is 0 Å². The smallest absolute Gasteiger partial charge is 0.335 e. The second kappa shape index (κ2) is 3.99. The van der Waals surface area contributed by atoms with Gasteiger partial charge in [-0.05, 0) is 51.7 Å². The van der Waals surface area contributed by atoms with Crippen LogP contribution in [0.5, 0.6) is 0 Å². The highest BCUT2D eigenvalue weighted by Gasteiger charge is 2.71. The van der Waals surface area contributed by atoms with Crippen LogP contribution in [0.3, 0.4) is 0 Å². The minimum atomic E-state index is -2.08. The van der Waals surface area contributed by atoms with Crippen molar-refractivity contribution in [3.05, 3.63) is 11.1 Å². The maximum atomic E-state index is 12.5. The number of carbonyl (C=O) groups excluding carboxylic acids is 2. The van der Waals surface area contributed by atoms with Crippen molar-refractivity contribution < 1.29 is 29.3 Å². The fraction of sp³-hybridized carbons (Fsp3) is 0.643. The number of aliphatic carboxylic acids is 1. The summed E-state index contributed by atoms with van der Waals surface area (Å²) >= 11 is 0. The molecule has 110 valence electrons. The van der Waals surface area contributed by atoms with Crippen molar-refractivity contribution in [1.29, 1.82) is 0 Å². The van der Waals surface area contributed by atoms with Gasteiger partial charge in [-0.25, -0.2) is 4.79 Å². The van der Waals surface area contributed by atoms with E-state index >= 15 is 0 Å². The lowest BCUT2D eigenvalue weighted by Gasteiger charge is -2.38. The van der Waals surface area contributed by atoms with Crippen molar-refractivity contribution in [3.63, 3.8) is 0 Å². The standard InChI is InChI=1S/C14H18O6/c1-7-8(2)14(19,9(3)15)13(10(7)16)6-5-12(4,20-13)11(17)18/h19H,5-6H2,1-4H3,(H,17,18). The van der Waals surface area contributed by atoms with E-state index < -0.39 is 34.3 Å². The van der Waals surface area contributed by atoms with Gasteiger partial charge in [0.1, 0.15) is 0 Å². The summed E-state index contributed by atoms with van der Waals surface area (Å²) in [7, 11) is 0. The number of Topliss-reactive ketones (excluding diaryl/α,β-unsaturated/α-hetero) is 2. The molecule has 1 fully saturated rings. The molecule has 0 amide bonds. The molecule has 3 atom stereocenters. The highest BCUT2D eigenvalue weighted by Crippen LogP contribution is 2.53. The number of ketones is 2. The van der Waals surface area contributed by atoms with Gasteiger partial charge in [0, 0.05) is 0 Å². The van der Waals surface area contributed by atoms with Crippen LogP contribution in [0.15, 0.2) is 11.1 Å². The van der Waals surface area contributed by atoms with E-state index in [0.717, 1.165) is 0 Å². The molecule has 6 heteroatoms. The molecule has 1 heterocycles. The Kier molecular flexibility index (Phi) is 2.97. The molecule has 0 aromatic heterocycles. The first-order chi connectivity index (χ1) is 9.03. The molecule has 1 saturated heterocycles. The molecule has 1 spiro atoms. The molecule has 0 bridgehead atoms. The molecule has 2 N–H and O–H groups in total. The molecule has 0 aromatic rings. The molecule has 6 nitrogen and oxygen atoms in total. The average Bonchev–Trinajstić information content (AvgIpc) is 2.80. The quantitative estimate of drug-likeness (QED) is 0.770. The number of carboxylic acids is 1. The fourth-order valence-corrected chi connectivity index (χ4v) is 3.23. The van der Waals surface area contributed by atoms with Crippen LogP contribution in [-0.4, -0.2) is 44.6 Å². The minimum absolute atomic E-state index is 0.000602. The molecule has 0 radical (unpaired) electrons. The number of hydrogen-bond donors (Lipinski definition) is 2. The van der Waals surface area contributed by atoms with Gasteiger partial charge in [0.05, 0.1) is 0 Å². The number of carbonyl (C=O) groups is 3. The van der Waals surface area contributed by atoms with Crippen LogP contribution < -0.4 is 0 Å². The summed E-state index contributed by atoms with van der Waals surface area (Å²) in [6, 6.07) is 0. The number of aliphatic hydroxyl groups is 1. The second-order valence-corrected chi connectivity index (χ2v) is 5.81. The zero-order chi connectivity index (χ0) is 15.5. The maximum absolute atomic E-state index is 12.5. The lowest BCUT2D eigenvalue weighted by atomic mass is 9.77. The summed E-state index contributed by atoms with van der Waals surface area (Å²) in [6.45, 7) is 5.54. The van der Waals surface area contributed by atoms with Gasteiger partial charge in [-0.1, -0.05) is 0 Å². The fourth-order valence-electron chi connectivity index (χ4n) is 3.23. The van der Waals surface area contributed by atoms with Crippen LogP contribution in [0.1, 0.15) is 40.5 Å². The third-order valence-corrected chi connectivity index (χ3v) is 4.71. The highest BCUT2D eigenvalue weighted by atomic mass is 16.6. The van der Waals surface area contributed by atoms with Crippen molar-refractivity contribution >= 4 is 17.5 Å². The Bertz CT molecular complexity index is 562. The third-order valence-electron chi connectivity index (χ3n) is 4.71. The number of ether oxygens (including phenoxy) is 1. The van der Waals surface area contributed by atoms with E-state index in [0.29, 0.717) is 0 Å². The lowest BCUT2D eigenvalue weighted by molar-refractivity contribution is -0.197. The van der Waals surface area contributed by atoms with Crippen molar-refractivity contribution in [2.75, 3.05) is 0 Å². The molecule has 1 aliphatic heterocycles. The van der Waals surface area contributed by atoms with E-state index in [4.69, 9.17) is 4.74 Å². The zero-order valence-electron chi connectivity index (χ0n) is 11.9. The Morgan fingerprint density at radius 2 is 1.80 bits per heavy atom. The summed E-state index contributed by atoms with van der Waals surface area (Å²) in [5.74, 6) is -2.33. The minimum Gasteiger partial charge on any atom is -0.479 e. The van der Waals surface area contributed by atoms with Crippen LogP contribution in [0.4, 0.5) is 0 Å². The number of carboxylic acid groups (broad SMARTS) is 1. The molecule has 2 rings (SSSR count). The van der Waals surface area contributed by atoms with Gasteiger partial charge in [-0.2, -0.15) is 0 Å². The SMILES string of the molecule is CC(=O)C1(O)C(C)=C(C)C(=O)C12CCC(C)(C(=O)O)O2. The monoisotopic (exact) mass is 282 g/mol. The molecular weight excluding hydrogens is 264 g/mol. The van der Waals surface area contributed by atoms with E-state index in [1.54, 1.807) is 0 Å². The first-order valence-electron chi connectivity index (χ1n) is 6.42. The summed E-state index contributed by atoms with van der Waals surface area (Å²) in [5, 5.41) is 20.0. The summed E-state index contributed by atoms with van der Waals surface area (Å²) in [6.07, 6.45) is 0.0591. The third kappa shape index (κ3) is 1.43. The molecule has 1 aliphatic carbocycles. The van der Waals surface area contributed by atoms with E-state index in [1.165, 1.54) is 27.7 Å². The van der Waals surface area contributed by atoms with Crippen LogP contribution in [0.25, 0.3) is 0 Å². The van der Waals surface area contributed by atoms with Crippen LogP contribution in [0.2, 0.25) is 0 Å². The Balaban J connectivity index is 2.60. The normalized spacial score (nSPS) is 40.8. The van der Waals surface area contributed by atoms with E-state index in [-0.39, 0.29) is 24.0 Å². The lowest BCUT2D eigenvalue weighted by Crippen LogP contribution is -2.61. The topological polar surface area (TPSA) is 101 Å². The first-order valence-corrected chi connectivity index (χ1v) is 6.42.